The summed E-state index contributed by atoms with van der Waals surface area (Å²) < 4.78 is 44.8. The first-order valence-corrected chi connectivity index (χ1v) is 15.3. The zero-order chi connectivity index (χ0) is 29.9. The van der Waals surface area contributed by atoms with Crippen LogP contribution < -0.4 is 14.8 Å². The summed E-state index contributed by atoms with van der Waals surface area (Å²) in [4.78, 5) is 24.3. The topological polar surface area (TPSA) is 125 Å². The van der Waals surface area contributed by atoms with E-state index in [0.717, 1.165) is 22.4 Å². The van der Waals surface area contributed by atoms with Crippen LogP contribution in [0.15, 0.2) is 59.6 Å². The number of anilines is 2. The summed E-state index contributed by atoms with van der Waals surface area (Å²) in [5.41, 5.74) is 2.13. The highest BCUT2D eigenvalue weighted by Gasteiger charge is 2.25. The van der Waals surface area contributed by atoms with Gasteiger partial charge >= 0.3 is 0 Å². The third kappa shape index (κ3) is 5.90. The number of piperidine rings is 1. The minimum absolute atomic E-state index is 0.0637. The summed E-state index contributed by atoms with van der Waals surface area (Å²) in [6.07, 6.45) is 3.25. The second-order valence-electron chi connectivity index (χ2n) is 10.2. The third-order valence-electron chi connectivity index (χ3n) is 7.33. The summed E-state index contributed by atoms with van der Waals surface area (Å²) in [6.45, 7) is 6.09. The van der Waals surface area contributed by atoms with E-state index in [-0.39, 0.29) is 28.3 Å². The summed E-state index contributed by atoms with van der Waals surface area (Å²) >= 11 is 0. The molecule has 2 aromatic heterocycles. The van der Waals surface area contributed by atoms with Gasteiger partial charge in [-0.25, -0.2) is 12.4 Å². The number of carbonyl (C=O) groups excluding carboxylic acids is 1. The zero-order valence-electron chi connectivity index (χ0n) is 24.2. The molecule has 0 aliphatic carbocycles. The molecule has 0 unspecified atom stereocenters. The van der Waals surface area contributed by atoms with Crippen molar-refractivity contribution in [2.24, 2.45) is 5.92 Å². The maximum Gasteiger partial charge on any atom is 0.269 e. The van der Waals surface area contributed by atoms with E-state index in [9.17, 15) is 13.2 Å². The molecule has 4 aromatic rings. The maximum atomic E-state index is 13.5. The normalized spacial score (nSPS) is 14.2. The number of amides is 1. The second kappa shape index (κ2) is 12.4. The van der Waals surface area contributed by atoms with Crippen LogP contribution in [0.4, 0.5) is 11.6 Å². The average molecular weight is 594 g/mol. The van der Waals surface area contributed by atoms with Crippen LogP contribution in [-0.4, -0.2) is 73.7 Å². The van der Waals surface area contributed by atoms with Crippen LogP contribution in [0.5, 0.6) is 11.6 Å². The Morgan fingerprint density at radius 3 is 2.45 bits per heavy atom. The minimum atomic E-state index is -3.94. The van der Waals surface area contributed by atoms with Crippen molar-refractivity contribution < 1.29 is 27.4 Å². The molecule has 0 saturated carbocycles. The highest BCUT2D eigenvalue weighted by Crippen LogP contribution is 2.32. The van der Waals surface area contributed by atoms with E-state index >= 15 is 0 Å². The molecule has 2 aromatic carbocycles. The second-order valence-corrected chi connectivity index (χ2v) is 12.0. The summed E-state index contributed by atoms with van der Waals surface area (Å²) in [5, 5.41) is 3.58. The summed E-state index contributed by atoms with van der Waals surface area (Å²) in [5.74, 6) is 1.17. The van der Waals surface area contributed by atoms with Crippen molar-refractivity contribution in [1.82, 2.24) is 18.8 Å². The van der Waals surface area contributed by atoms with E-state index in [1.165, 1.54) is 13.3 Å². The third-order valence-corrected chi connectivity index (χ3v) is 9.01. The van der Waals surface area contributed by atoms with Crippen LogP contribution in [-0.2, 0) is 14.8 Å². The van der Waals surface area contributed by atoms with Gasteiger partial charge in [-0.3, -0.25) is 4.79 Å². The van der Waals surface area contributed by atoms with Crippen molar-refractivity contribution in [2.45, 2.75) is 31.6 Å². The molecule has 12 heteroatoms. The number of carbonyl (C=O) groups is 1. The molecule has 0 atom stereocenters. The van der Waals surface area contributed by atoms with Crippen LogP contribution in [0.1, 0.15) is 35.7 Å². The van der Waals surface area contributed by atoms with E-state index in [0.29, 0.717) is 54.6 Å². The van der Waals surface area contributed by atoms with Crippen molar-refractivity contribution in [1.29, 1.82) is 0 Å². The number of aryl methyl sites for hydroxylation is 1. The fourth-order valence-corrected chi connectivity index (χ4v) is 6.35. The van der Waals surface area contributed by atoms with Gasteiger partial charge in [-0.1, -0.05) is 17.7 Å². The molecular weight excluding hydrogens is 558 g/mol. The SMILES string of the molecule is CCOc1nc(Nc2ccc(C(=O)N3CCC(COC)CC3)cc2OC)nc2c1ccn2S(=O)(=O)c1ccc(C)cc1. The van der Waals surface area contributed by atoms with Crippen molar-refractivity contribution in [3.63, 3.8) is 0 Å². The Balaban J connectivity index is 1.45. The van der Waals surface area contributed by atoms with Gasteiger partial charge in [0, 0.05) is 38.6 Å². The summed E-state index contributed by atoms with van der Waals surface area (Å²) in [7, 11) is -0.723. The lowest BCUT2D eigenvalue weighted by atomic mass is 9.97. The molecule has 0 bridgehead atoms. The fourth-order valence-electron chi connectivity index (χ4n) is 5.05. The molecule has 42 heavy (non-hydrogen) atoms. The Morgan fingerprint density at radius 1 is 1.05 bits per heavy atom. The molecule has 1 aliphatic rings. The van der Waals surface area contributed by atoms with Gasteiger partial charge in [0.2, 0.25) is 11.8 Å². The van der Waals surface area contributed by atoms with E-state index in [2.05, 4.69) is 15.3 Å². The highest BCUT2D eigenvalue weighted by molar-refractivity contribution is 7.90. The van der Waals surface area contributed by atoms with Crippen molar-refractivity contribution in [2.75, 3.05) is 45.8 Å². The predicted molar refractivity (Wildman–Crippen MR) is 159 cm³/mol. The van der Waals surface area contributed by atoms with E-state index in [1.54, 1.807) is 55.6 Å². The average Bonchev–Trinajstić information content (AvgIpc) is 3.43. The Bertz CT molecular complexity index is 1680. The smallest absolute Gasteiger partial charge is 0.269 e. The Kier molecular flexibility index (Phi) is 8.64. The van der Waals surface area contributed by atoms with Gasteiger partial charge in [-0.15, -0.1) is 0 Å². The van der Waals surface area contributed by atoms with Gasteiger partial charge in [0.15, 0.2) is 5.65 Å². The summed E-state index contributed by atoms with van der Waals surface area (Å²) in [6, 6.07) is 13.4. The Hall–Kier alpha value is -4.16. The first-order valence-electron chi connectivity index (χ1n) is 13.8. The van der Waals surface area contributed by atoms with Gasteiger partial charge in [0.1, 0.15) is 5.75 Å². The highest BCUT2D eigenvalue weighted by atomic mass is 32.2. The van der Waals surface area contributed by atoms with E-state index < -0.39 is 10.0 Å². The molecule has 1 fully saturated rings. The molecule has 1 N–H and O–H groups in total. The van der Waals surface area contributed by atoms with Crippen LogP contribution in [0.2, 0.25) is 0 Å². The lowest BCUT2D eigenvalue weighted by Gasteiger charge is -2.31. The fraction of sp³-hybridized carbons (Fsp3) is 0.367. The lowest BCUT2D eigenvalue weighted by Crippen LogP contribution is -2.39. The van der Waals surface area contributed by atoms with Gasteiger partial charge in [-0.05, 0) is 69.0 Å². The molecule has 11 nitrogen and oxygen atoms in total. The van der Waals surface area contributed by atoms with Crippen LogP contribution in [0.3, 0.4) is 0 Å². The Morgan fingerprint density at radius 2 is 1.79 bits per heavy atom. The number of methoxy groups -OCH3 is 2. The number of ether oxygens (including phenoxy) is 3. The zero-order valence-corrected chi connectivity index (χ0v) is 25.0. The van der Waals surface area contributed by atoms with E-state index in [1.807, 2.05) is 18.7 Å². The van der Waals surface area contributed by atoms with Gasteiger partial charge in [0.25, 0.3) is 15.9 Å². The van der Waals surface area contributed by atoms with E-state index in [4.69, 9.17) is 14.2 Å². The molecule has 1 saturated heterocycles. The van der Waals surface area contributed by atoms with Gasteiger partial charge in [-0.2, -0.15) is 9.97 Å². The molecule has 0 spiro atoms. The van der Waals surface area contributed by atoms with Crippen LogP contribution >= 0.6 is 0 Å². The van der Waals surface area contributed by atoms with Gasteiger partial charge in [0.05, 0.1) is 29.7 Å². The lowest BCUT2D eigenvalue weighted by molar-refractivity contribution is 0.0613. The Labute approximate surface area is 245 Å². The largest absolute Gasteiger partial charge is 0.495 e. The number of benzene rings is 2. The molecule has 3 heterocycles. The number of aromatic nitrogens is 3. The maximum absolute atomic E-state index is 13.5. The molecule has 1 aliphatic heterocycles. The monoisotopic (exact) mass is 593 g/mol. The quantitative estimate of drug-likeness (QED) is 0.280. The first-order chi connectivity index (χ1) is 20.2. The molecule has 1 amide bonds. The van der Waals surface area contributed by atoms with Crippen molar-refractivity contribution in [3.05, 3.63) is 65.9 Å². The van der Waals surface area contributed by atoms with Crippen LogP contribution in [0.25, 0.3) is 11.0 Å². The first kappa shape index (κ1) is 29.3. The van der Waals surface area contributed by atoms with Gasteiger partial charge < -0.3 is 24.4 Å². The molecule has 0 radical (unpaired) electrons. The predicted octanol–water partition coefficient (Wildman–Crippen LogP) is 4.63. The number of hydrogen-bond donors (Lipinski definition) is 1. The standard InChI is InChI=1S/C30H35N5O6S/c1-5-41-28-24-14-17-35(42(37,38)23-9-6-20(2)7-10-23)27(24)32-30(33-28)31-25-11-8-22(18-26(25)40-4)29(36)34-15-12-21(13-16-34)19-39-3/h6-11,14,17-18,21H,5,12-13,15-16,19H2,1-4H3,(H,31,32,33). The number of nitrogens with one attached hydrogen (secondary N) is 1. The molecule has 5 rings (SSSR count). The van der Waals surface area contributed by atoms with Crippen LogP contribution in [0, 0.1) is 12.8 Å². The number of rotatable bonds is 10. The van der Waals surface area contributed by atoms with Crippen molar-refractivity contribution in [3.8, 4) is 11.6 Å². The molecule has 222 valence electrons. The van der Waals surface area contributed by atoms with Crippen molar-refractivity contribution >= 4 is 38.6 Å². The number of hydrogen-bond acceptors (Lipinski definition) is 9. The number of nitrogens with zero attached hydrogens (tertiary/aromatic N) is 4. The molecular formula is C30H35N5O6S. The number of fused-ring (bicyclic) bond motifs is 1. The number of likely N-dealkylation sites (tertiary alicyclic amines) is 1. The minimum Gasteiger partial charge on any atom is -0.495 e.